The number of aliphatic hydroxyl groups excluding tert-OH is 1. The van der Waals surface area contributed by atoms with E-state index in [0.29, 0.717) is 25.4 Å². The minimum Gasteiger partial charge on any atom is -0.481 e. The molecule has 16 heavy (non-hydrogen) atoms. The fraction of sp³-hybridized carbons (Fsp3) is 0.818. The second-order valence-corrected chi connectivity index (χ2v) is 4.74. The van der Waals surface area contributed by atoms with Gasteiger partial charge >= 0.3 is 5.97 Å². The van der Waals surface area contributed by atoms with Crippen LogP contribution in [0.1, 0.15) is 19.3 Å². The third kappa shape index (κ3) is 2.19. The zero-order valence-electron chi connectivity index (χ0n) is 9.13. The molecule has 2 unspecified atom stereocenters. The number of aliphatic hydroxyl groups is 1. The van der Waals surface area contributed by atoms with E-state index in [1.165, 1.54) is 0 Å². The average Bonchev–Trinajstić information content (AvgIpc) is 3.08. The van der Waals surface area contributed by atoms with Gasteiger partial charge in [-0.15, -0.1) is 0 Å². The molecular weight excluding hydrogens is 210 g/mol. The molecule has 0 bridgehead atoms. The van der Waals surface area contributed by atoms with Crippen molar-refractivity contribution in [2.45, 2.75) is 19.3 Å². The van der Waals surface area contributed by atoms with Crippen LogP contribution in [-0.4, -0.2) is 46.7 Å². The zero-order chi connectivity index (χ0) is 11.7. The highest BCUT2D eigenvalue weighted by Gasteiger charge is 2.49. The molecule has 1 aliphatic heterocycles. The highest BCUT2D eigenvalue weighted by atomic mass is 16.4. The Morgan fingerprint density at radius 2 is 1.81 bits per heavy atom. The van der Waals surface area contributed by atoms with Crippen molar-refractivity contribution in [2.75, 3.05) is 19.7 Å². The first-order valence-electron chi connectivity index (χ1n) is 5.76. The lowest BCUT2D eigenvalue weighted by Gasteiger charge is -2.31. The van der Waals surface area contributed by atoms with Crippen molar-refractivity contribution in [1.82, 2.24) is 4.90 Å². The molecular formula is C11H17NO4. The molecule has 0 aromatic rings. The Labute approximate surface area is 94.0 Å². The van der Waals surface area contributed by atoms with Crippen LogP contribution in [0.15, 0.2) is 0 Å². The molecule has 2 fully saturated rings. The highest BCUT2D eigenvalue weighted by molar-refractivity contribution is 5.89. The van der Waals surface area contributed by atoms with Gasteiger partial charge in [-0.05, 0) is 25.2 Å². The molecule has 2 N–H and O–H groups in total. The van der Waals surface area contributed by atoms with Crippen molar-refractivity contribution in [3.05, 3.63) is 0 Å². The summed E-state index contributed by atoms with van der Waals surface area (Å²) in [7, 11) is 0. The lowest BCUT2D eigenvalue weighted by atomic mass is 9.97. The molecule has 0 aromatic carbocycles. The molecule has 1 amide bonds. The second-order valence-electron chi connectivity index (χ2n) is 4.74. The molecule has 0 spiro atoms. The third-order valence-electron chi connectivity index (χ3n) is 3.61. The lowest BCUT2D eigenvalue weighted by molar-refractivity contribution is -0.142. The monoisotopic (exact) mass is 227 g/mol. The molecule has 0 radical (unpaired) electrons. The van der Waals surface area contributed by atoms with Gasteiger partial charge in [0.2, 0.25) is 5.91 Å². The van der Waals surface area contributed by atoms with Gasteiger partial charge in [0.1, 0.15) is 0 Å². The molecule has 1 saturated heterocycles. The van der Waals surface area contributed by atoms with Crippen molar-refractivity contribution in [1.29, 1.82) is 0 Å². The number of nitrogens with zero attached hydrogens (tertiary/aromatic N) is 1. The fourth-order valence-corrected chi connectivity index (χ4v) is 2.31. The SMILES string of the molecule is O=C(O)C1CC1C(=O)N1CCC(CO)CC1. The van der Waals surface area contributed by atoms with E-state index in [4.69, 9.17) is 10.2 Å². The number of carbonyl (C=O) groups is 2. The van der Waals surface area contributed by atoms with E-state index in [1.54, 1.807) is 4.90 Å². The summed E-state index contributed by atoms with van der Waals surface area (Å²) in [5.41, 5.74) is 0. The Morgan fingerprint density at radius 3 is 2.25 bits per heavy atom. The van der Waals surface area contributed by atoms with Gasteiger partial charge in [-0.1, -0.05) is 0 Å². The summed E-state index contributed by atoms with van der Waals surface area (Å²) in [6.45, 7) is 1.50. The first-order valence-corrected chi connectivity index (χ1v) is 5.76. The summed E-state index contributed by atoms with van der Waals surface area (Å²) in [6.07, 6.45) is 2.15. The molecule has 0 aromatic heterocycles. The van der Waals surface area contributed by atoms with Crippen molar-refractivity contribution in [2.24, 2.45) is 17.8 Å². The van der Waals surface area contributed by atoms with Gasteiger partial charge < -0.3 is 15.1 Å². The molecule has 2 aliphatic rings. The second kappa shape index (κ2) is 4.41. The normalized spacial score (nSPS) is 30.2. The van der Waals surface area contributed by atoms with Crippen molar-refractivity contribution >= 4 is 11.9 Å². The Morgan fingerprint density at radius 1 is 1.19 bits per heavy atom. The summed E-state index contributed by atoms with van der Waals surface area (Å²) >= 11 is 0. The van der Waals surface area contributed by atoms with Crippen LogP contribution in [-0.2, 0) is 9.59 Å². The van der Waals surface area contributed by atoms with E-state index in [9.17, 15) is 9.59 Å². The van der Waals surface area contributed by atoms with E-state index < -0.39 is 11.9 Å². The maximum atomic E-state index is 11.9. The van der Waals surface area contributed by atoms with Crippen LogP contribution in [0.2, 0.25) is 0 Å². The van der Waals surface area contributed by atoms with Crippen molar-refractivity contribution in [3.63, 3.8) is 0 Å². The maximum absolute atomic E-state index is 11.9. The number of carboxylic acid groups (broad SMARTS) is 1. The van der Waals surface area contributed by atoms with Crippen LogP contribution in [0.4, 0.5) is 0 Å². The molecule has 2 atom stereocenters. The highest BCUT2D eigenvalue weighted by Crippen LogP contribution is 2.40. The predicted octanol–water partition coefficient (Wildman–Crippen LogP) is -0.0620. The number of amides is 1. The quantitative estimate of drug-likeness (QED) is 0.708. The Bertz CT molecular complexity index is 296. The fourth-order valence-electron chi connectivity index (χ4n) is 2.31. The number of carbonyl (C=O) groups excluding carboxylic acids is 1. The summed E-state index contributed by atoms with van der Waals surface area (Å²) in [6, 6.07) is 0. The van der Waals surface area contributed by atoms with Crippen LogP contribution in [0.5, 0.6) is 0 Å². The van der Waals surface area contributed by atoms with Gasteiger partial charge in [-0.3, -0.25) is 9.59 Å². The van der Waals surface area contributed by atoms with Crippen molar-refractivity contribution < 1.29 is 19.8 Å². The summed E-state index contributed by atoms with van der Waals surface area (Å²) in [4.78, 5) is 24.3. The van der Waals surface area contributed by atoms with Crippen molar-refractivity contribution in [3.8, 4) is 0 Å². The first kappa shape index (κ1) is 11.4. The van der Waals surface area contributed by atoms with Crippen LogP contribution >= 0.6 is 0 Å². The minimum absolute atomic E-state index is 0.0104. The van der Waals surface area contributed by atoms with Gasteiger partial charge in [0.15, 0.2) is 0 Å². The Hall–Kier alpha value is -1.10. The number of hydrogen-bond donors (Lipinski definition) is 2. The Balaban J connectivity index is 1.82. The van der Waals surface area contributed by atoms with Crippen LogP contribution < -0.4 is 0 Å². The maximum Gasteiger partial charge on any atom is 0.307 e. The molecule has 5 nitrogen and oxygen atoms in total. The zero-order valence-corrected chi connectivity index (χ0v) is 9.13. The topological polar surface area (TPSA) is 77.8 Å². The predicted molar refractivity (Wildman–Crippen MR) is 55.6 cm³/mol. The summed E-state index contributed by atoms with van der Waals surface area (Å²) in [5, 5.41) is 17.7. The number of likely N-dealkylation sites (tertiary alicyclic amines) is 1. The molecule has 5 heteroatoms. The molecule has 1 heterocycles. The van der Waals surface area contributed by atoms with Crippen LogP contribution in [0.25, 0.3) is 0 Å². The number of aliphatic carboxylic acids is 1. The van der Waals surface area contributed by atoms with E-state index >= 15 is 0 Å². The number of hydrogen-bond acceptors (Lipinski definition) is 3. The third-order valence-corrected chi connectivity index (χ3v) is 3.61. The van der Waals surface area contributed by atoms with Gasteiger partial charge in [-0.25, -0.2) is 0 Å². The van der Waals surface area contributed by atoms with Crippen LogP contribution in [0, 0.1) is 17.8 Å². The smallest absolute Gasteiger partial charge is 0.307 e. The van der Waals surface area contributed by atoms with Crippen LogP contribution in [0.3, 0.4) is 0 Å². The average molecular weight is 227 g/mol. The molecule has 90 valence electrons. The minimum atomic E-state index is -0.858. The summed E-state index contributed by atoms with van der Waals surface area (Å²) in [5.74, 6) is -1.31. The first-order chi connectivity index (χ1) is 7.63. The number of piperidine rings is 1. The van der Waals surface area contributed by atoms with E-state index in [1.807, 2.05) is 0 Å². The number of rotatable bonds is 3. The van der Waals surface area contributed by atoms with E-state index in [-0.39, 0.29) is 18.4 Å². The molecule has 1 aliphatic carbocycles. The van der Waals surface area contributed by atoms with E-state index in [2.05, 4.69) is 0 Å². The van der Waals surface area contributed by atoms with Gasteiger partial charge in [0, 0.05) is 19.7 Å². The van der Waals surface area contributed by atoms with Gasteiger partial charge in [-0.2, -0.15) is 0 Å². The molecule has 2 rings (SSSR count). The number of carboxylic acids is 1. The largest absolute Gasteiger partial charge is 0.481 e. The van der Waals surface area contributed by atoms with Gasteiger partial charge in [0.25, 0.3) is 0 Å². The standard InChI is InChI=1S/C11H17NO4/c13-6-7-1-3-12(4-2-7)10(14)8-5-9(8)11(15)16/h7-9,13H,1-6H2,(H,15,16). The van der Waals surface area contributed by atoms with E-state index in [0.717, 1.165) is 12.8 Å². The molecule has 1 saturated carbocycles. The lowest BCUT2D eigenvalue weighted by Crippen LogP contribution is -2.40. The van der Waals surface area contributed by atoms with Gasteiger partial charge in [0.05, 0.1) is 11.8 Å². The Kier molecular flexibility index (Phi) is 3.14. The summed E-state index contributed by atoms with van der Waals surface area (Å²) < 4.78 is 0.